The molecule has 1 aromatic carbocycles. The largest absolute Gasteiger partial charge is 0.303 e. The van der Waals surface area contributed by atoms with E-state index in [-0.39, 0.29) is 11.0 Å². The third kappa shape index (κ3) is 4.28. The van der Waals surface area contributed by atoms with Gasteiger partial charge in [0, 0.05) is 34.1 Å². The Morgan fingerprint density at radius 1 is 0.974 bits per heavy atom. The molecule has 3 aromatic rings. The number of hydrogen-bond donors (Lipinski definition) is 0. The van der Waals surface area contributed by atoms with Crippen LogP contribution in [-0.2, 0) is 5.41 Å². The maximum absolute atomic E-state index is 13.3. The molecule has 2 aromatic heterocycles. The lowest BCUT2D eigenvalue weighted by Crippen LogP contribution is -2.37. The van der Waals surface area contributed by atoms with E-state index in [4.69, 9.17) is 16.4 Å². The minimum atomic E-state index is -0.198. The van der Waals surface area contributed by atoms with E-state index in [1.807, 2.05) is 12.1 Å². The molecule has 0 atom stereocenters. The molecule has 0 amide bonds. The van der Waals surface area contributed by atoms with Crippen molar-refractivity contribution in [3.05, 3.63) is 62.2 Å². The van der Waals surface area contributed by atoms with Gasteiger partial charge in [0.25, 0.3) is 5.56 Å². The number of likely N-dealkylation sites (tertiary alicyclic amines) is 1. The summed E-state index contributed by atoms with van der Waals surface area (Å²) in [6.07, 6.45) is 18.6. The molecule has 0 bridgehead atoms. The first kappa shape index (κ1) is 25.5. The van der Waals surface area contributed by atoms with E-state index in [0.717, 1.165) is 79.2 Å². The van der Waals surface area contributed by atoms with E-state index in [1.165, 1.54) is 49.9 Å². The molecule has 39 heavy (non-hydrogen) atoms. The van der Waals surface area contributed by atoms with E-state index in [2.05, 4.69) is 49.5 Å². The number of rotatable bonds is 3. The van der Waals surface area contributed by atoms with Crippen LogP contribution in [0.1, 0.15) is 93.6 Å². The molecule has 7 rings (SSSR count). The summed E-state index contributed by atoms with van der Waals surface area (Å²) < 4.78 is 3.03. The van der Waals surface area contributed by atoms with E-state index in [1.54, 1.807) is 0 Å². The summed E-state index contributed by atoms with van der Waals surface area (Å²) in [5, 5.41) is 0.650. The smallest absolute Gasteiger partial charge is 0.281 e. The number of pyridine rings is 1. The molecule has 0 N–H and O–H groups in total. The first-order chi connectivity index (χ1) is 19.1. The highest BCUT2D eigenvalue weighted by atomic mass is 79.9. The van der Waals surface area contributed by atoms with Crippen molar-refractivity contribution in [1.82, 2.24) is 19.4 Å². The Morgan fingerprint density at radius 3 is 2.49 bits per heavy atom. The van der Waals surface area contributed by atoms with E-state index in [0.29, 0.717) is 17.2 Å². The van der Waals surface area contributed by atoms with Gasteiger partial charge in [-0.2, -0.15) is 4.98 Å². The van der Waals surface area contributed by atoms with Crippen molar-refractivity contribution < 1.29 is 0 Å². The molecular weight excluding hydrogens is 548 g/mol. The van der Waals surface area contributed by atoms with Gasteiger partial charge in [-0.1, -0.05) is 31.4 Å². The lowest BCUT2D eigenvalue weighted by molar-refractivity contribution is 0.157. The summed E-state index contributed by atoms with van der Waals surface area (Å²) in [4.78, 5) is 26.1. The lowest BCUT2D eigenvalue weighted by Gasteiger charge is -2.36. The fourth-order valence-corrected chi connectivity index (χ4v) is 8.58. The van der Waals surface area contributed by atoms with Gasteiger partial charge in [-0.25, -0.2) is 4.98 Å². The average Bonchev–Trinajstić information content (AvgIpc) is 3.22. The van der Waals surface area contributed by atoms with Crippen LogP contribution < -0.4 is 5.56 Å². The highest BCUT2D eigenvalue weighted by molar-refractivity contribution is 9.10. The highest BCUT2D eigenvalue weighted by Crippen LogP contribution is 2.51. The van der Waals surface area contributed by atoms with Crippen LogP contribution in [0.15, 0.2) is 39.6 Å². The second-order valence-corrected chi connectivity index (χ2v) is 13.3. The van der Waals surface area contributed by atoms with Crippen LogP contribution in [0.3, 0.4) is 0 Å². The van der Waals surface area contributed by atoms with Crippen molar-refractivity contribution in [2.75, 3.05) is 19.6 Å². The number of terminal acetylenes is 1. The van der Waals surface area contributed by atoms with E-state index >= 15 is 0 Å². The Bertz CT molecular complexity index is 1500. The van der Waals surface area contributed by atoms with Crippen LogP contribution in [0.4, 0.5) is 0 Å². The van der Waals surface area contributed by atoms with Crippen LogP contribution in [0.5, 0.6) is 0 Å². The summed E-state index contributed by atoms with van der Waals surface area (Å²) >= 11 is 3.62. The maximum atomic E-state index is 13.3. The summed E-state index contributed by atoms with van der Waals surface area (Å²) in [7, 11) is 0. The highest BCUT2D eigenvalue weighted by Gasteiger charge is 2.47. The molecule has 2 aliphatic carbocycles. The van der Waals surface area contributed by atoms with Gasteiger partial charge < -0.3 is 4.90 Å². The monoisotopic (exact) mass is 584 g/mol. The van der Waals surface area contributed by atoms with Gasteiger partial charge in [0.2, 0.25) is 0 Å². The van der Waals surface area contributed by atoms with Crippen molar-refractivity contribution in [2.24, 2.45) is 11.8 Å². The SMILES string of the molecule is C#CC1CCC(CN2CCC(c3ccc4c(n3)-n3c(nc(=O)c5c(Br)cccc53)C43CCCCC3)CC2)CC1. The first-order valence-corrected chi connectivity index (χ1v) is 15.8. The molecule has 2 saturated carbocycles. The van der Waals surface area contributed by atoms with Gasteiger partial charge >= 0.3 is 0 Å². The molecule has 1 spiro atoms. The first-order valence-electron chi connectivity index (χ1n) is 15.0. The zero-order valence-electron chi connectivity index (χ0n) is 22.7. The normalized spacial score (nSPS) is 24.9. The van der Waals surface area contributed by atoms with E-state index < -0.39 is 0 Å². The Morgan fingerprint density at radius 2 is 1.74 bits per heavy atom. The third-order valence-corrected chi connectivity index (χ3v) is 10.9. The lowest BCUT2D eigenvalue weighted by atomic mass is 9.70. The molecule has 202 valence electrons. The molecule has 6 heteroatoms. The number of halogens is 1. The molecule has 5 nitrogen and oxygen atoms in total. The van der Waals surface area contributed by atoms with Gasteiger partial charge in [-0.3, -0.25) is 9.36 Å². The van der Waals surface area contributed by atoms with E-state index in [9.17, 15) is 4.79 Å². The fraction of sp³-hybridized carbons (Fsp3) is 0.545. The van der Waals surface area contributed by atoms with Gasteiger partial charge in [0.1, 0.15) is 11.6 Å². The Labute approximate surface area is 239 Å². The van der Waals surface area contributed by atoms with Crippen molar-refractivity contribution in [2.45, 2.75) is 82.0 Å². The molecule has 0 unspecified atom stereocenters. The summed E-state index contributed by atoms with van der Waals surface area (Å²) in [6.45, 7) is 3.50. The van der Waals surface area contributed by atoms with Gasteiger partial charge in [-0.05, 0) is 105 Å². The van der Waals surface area contributed by atoms with Gasteiger partial charge in [-0.15, -0.1) is 12.3 Å². The number of aromatic nitrogens is 3. The summed E-state index contributed by atoms with van der Waals surface area (Å²) in [5.41, 5.74) is 3.05. The number of piperidine rings is 1. The van der Waals surface area contributed by atoms with Crippen molar-refractivity contribution in [3.8, 4) is 18.2 Å². The van der Waals surface area contributed by atoms with Crippen molar-refractivity contribution in [3.63, 3.8) is 0 Å². The molecule has 0 radical (unpaired) electrons. The fourth-order valence-electron chi connectivity index (χ4n) is 8.05. The molecule has 4 aliphatic rings. The Kier molecular flexibility index (Phi) is 6.64. The Balaban J connectivity index is 1.19. The zero-order chi connectivity index (χ0) is 26.6. The van der Waals surface area contributed by atoms with Crippen LogP contribution in [-0.4, -0.2) is 39.1 Å². The van der Waals surface area contributed by atoms with Crippen molar-refractivity contribution >= 4 is 26.8 Å². The second kappa shape index (κ2) is 10.2. The minimum absolute atomic E-state index is 0.137. The second-order valence-electron chi connectivity index (χ2n) is 12.4. The summed E-state index contributed by atoms with van der Waals surface area (Å²) in [6, 6.07) is 10.6. The topological polar surface area (TPSA) is 51.0 Å². The maximum Gasteiger partial charge on any atom is 0.281 e. The van der Waals surface area contributed by atoms with Crippen LogP contribution in [0.25, 0.3) is 16.7 Å². The number of benzene rings is 1. The van der Waals surface area contributed by atoms with Crippen LogP contribution in [0, 0.1) is 24.2 Å². The summed E-state index contributed by atoms with van der Waals surface area (Å²) in [5.74, 6) is 6.66. The number of fused-ring (bicyclic) bond motifs is 7. The molecular formula is C33H37BrN4O. The zero-order valence-corrected chi connectivity index (χ0v) is 24.3. The standard InChI is InChI=1S/C33H37BrN4O/c1-2-22-9-11-23(12-10-22)21-37-19-15-24(16-20-37)27-14-13-25-30(35-27)38-28-8-6-7-26(34)29(28)31(39)36-32(38)33(25)17-4-3-5-18-33/h1,6-8,13-14,22-24H,3-5,9-12,15-21H2. The molecule has 3 fully saturated rings. The third-order valence-electron chi connectivity index (χ3n) is 10.2. The van der Waals surface area contributed by atoms with Crippen molar-refractivity contribution in [1.29, 1.82) is 0 Å². The predicted molar refractivity (Wildman–Crippen MR) is 159 cm³/mol. The minimum Gasteiger partial charge on any atom is -0.303 e. The quantitative estimate of drug-likeness (QED) is 0.320. The molecule has 2 aliphatic heterocycles. The molecule has 4 heterocycles. The average molecular weight is 586 g/mol. The number of hydrogen-bond acceptors (Lipinski definition) is 4. The predicted octanol–water partition coefficient (Wildman–Crippen LogP) is 6.73. The van der Waals surface area contributed by atoms with Gasteiger partial charge in [0.05, 0.1) is 16.3 Å². The van der Waals surface area contributed by atoms with Gasteiger partial charge in [0.15, 0.2) is 0 Å². The molecule has 1 saturated heterocycles. The van der Waals surface area contributed by atoms with Crippen LogP contribution in [0.2, 0.25) is 0 Å². The van der Waals surface area contributed by atoms with Crippen LogP contribution >= 0.6 is 15.9 Å². The Hall–Kier alpha value is -2.49. The number of nitrogens with zero attached hydrogens (tertiary/aromatic N) is 4.